The summed E-state index contributed by atoms with van der Waals surface area (Å²) in [7, 11) is 1.54. The Bertz CT molecular complexity index is 1180. The molecule has 0 bridgehead atoms. The predicted molar refractivity (Wildman–Crippen MR) is 111 cm³/mol. The smallest absolute Gasteiger partial charge is 0.271 e. The Morgan fingerprint density at radius 2 is 2.03 bits per heavy atom. The van der Waals surface area contributed by atoms with Crippen LogP contribution in [0.2, 0.25) is 0 Å². The molecule has 0 radical (unpaired) electrons. The second-order valence-electron chi connectivity index (χ2n) is 6.29. The van der Waals surface area contributed by atoms with Crippen LogP contribution >= 0.6 is 11.3 Å². The summed E-state index contributed by atoms with van der Waals surface area (Å²) in [6.07, 6.45) is 4.33. The monoisotopic (exact) mass is 424 g/mol. The van der Waals surface area contributed by atoms with E-state index in [1.165, 1.54) is 17.4 Å². The van der Waals surface area contributed by atoms with Crippen molar-refractivity contribution in [3.05, 3.63) is 70.9 Å². The highest BCUT2D eigenvalue weighted by atomic mass is 32.1. The van der Waals surface area contributed by atoms with Crippen molar-refractivity contribution >= 4 is 33.4 Å². The van der Waals surface area contributed by atoms with E-state index in [-0.39, 0.29) is 24.1 Å². The molecule has 0 aliphatic heterocycles. The molecule has 10 heteroatoms. The average molecular weight is 424 g/mol. The molecule has 4 aromatic heterocycles. The van der Waals surface area contributed by atoms with Crippen LogP contribution in [0.1, 0.15) is 21.6 Å². The molecule has 0 unspecified atom stereocenters. The van der Waals surface area contributed by atoms with Gasteiger partial charge in [-0.3, -0.25) is 9.78 Å². The lowest BCUT2D eigenvalue weighted by Gasteiger charge is -2.09. The van der Waals surface area contributed by atoms with Crippen LogP contribution in [-0.2, 0) is 13.1 Å². The normalized spacial score (nSPS) is 10.7. The molecule has 0 atom stereocenters. The van der Waals surface area contributed by atoms with Gasteiger partial charge in [-0.15, -0.1) is 11.3 Å². The largest absolute Gasteiger partial charge is 0.481 e. The molecule has 1 amide bonds. The second-order valence-corrected chi connectivity index (χ2v) is 7.20. The Morgan fingerprint density at radius 3 is 2.80 bits per heavy atom. The first kappa shape index (κ1) is 19.6. The number of methoxy groups -OCH3 is 1. The van der Waals surface area contributed by atoms with Crippen LogP contribution in [-0.4, -0.2) is 33.0 Å². The minimum absolute atomic E-state index is 0.274. The molecule has 0 aliphatic rings. The fraction of sp³-hybridized carbons (Fsp3) is 0.150. The van der Waals surface area contributed by atoms with Crippen LogP contribution in [0.25, 0.3) is 10.2 Å². The van der Waals surface area contributed by atoms with Gasteiger partial charge in [0.25, 0.3) is 5.91 Å². The number of pyridine rings is 2. The molecule has 0 aliphatic carbocycles. The Hall–Kier alpha value is -3.66. The molecule has 0 aromatic carbocycles. The number of carbonyl (C=O) groups excluding carboxylic acids is 1. The van der Waals surface area contributed by atoms with Crippen molar-refractivity contribution in [3.63, 3.8) is 0 Å². The van der Waals surface area contributed by atoms with Crippen molar-refractivity contribution in [1.82, 2.24) is 25.3 Å². The molecular formula is C20H17FN6O2S. The molecule has 2 N–H and O–H groups in total. The molecule has 0 fully saturated rings. The topological polar surface area (TPSA) is 102 Å². The zero-order valence-corrected chi connectivity index (χ0v) is 16.7. The summed E-state index contributed by atoms with van der Waals surface area (Å²) >= 11 is 1.39. The highest BCUT2D eigenvalue weighted by Crippen LogP contribution is 2.24. The molecule has 0 saturated heterocycles. The summed E-state index contributed by atoms with van der Waals surface area (Å²) < 4.78 is 19.0. The van der Waals surface area contributed by atoms with Crippen LogP contribution in [0.15, 0.2) is 48.2 Å². The number of carbonyl (C=O) groups is 1. The Morgan fingerprint density at radius 1 is 1.13 bits per heavy atom. The fourth-order valence-corrected chi connectivity index (χ4v) is 3.55. The number of ether oxygens (including phenoxy) is 1. The SMILES string of the molecule is COc1ccc(CNC(=O)c2nc(NCc3cncc(F)c3)nc3ccsc23)cn1. The van der Waals surface area contributed by atoms with Crippen LogP contribution in [0.3, 0.4) is 0 Å². The van der Waals surface area contributed by atoms with Gasteiger partial charge in [-0.2, -0.15) is 0 Å². The molecule has 152 valence electrons. The van der Waals surface area contributed by atoms with Gasteiger partial charge in [0.1, 0.15) is 5.82 Å². The first-order valence-corrected chi connectivity index (χ1v) is 9.86. The van der Waals surface area contributed by atoms with Gasteiger partial charge >= 0.3 is 0 Å². The number of amides is 1. The molecule has 4 rings (SSSR count). The summed E-state index contributed by atoms with van der Waals surface area (Å²) in [4.78, 5) is 29.5. The molecule has 0 saturated carbocycles. The maximum absolute atomic E-state index is 13.3. The highest BCUT2D eigenvalue weighted by molar-refractivity contribution is 7.17. The summed E-state index contributed by atoms with van der Waals surface area (Å²) in [5.41, 5.74) is 2.40. The summed E-state index contributed by atoms with van der Waals surface area (Å²) in [5, 5.41) is 7.73. The molecular weight excluding hydrogens is 407 g/mol. The molecule has 4 aromatic rings. The summed E-state index contributed by atoms with van der Waals surface area (Å²) in [6, 6.07) is 6.75. The van der Waals surface area contributed by atoms with Gasteiger partial charge in [0.05, 0.1) is 23.5 Å². The third-order valence-electron chi connectivity index (χ3n) is 4.19. The molecule has 8 nitrogen and oxygen atoms in total. The molecule has 0 spiro atoms. The lowest BCUT2D eigenvalue weighted by Crippen LogP contribution is -2.24. The number of anilines is 1. The van der Waals surface area contributed by atoms with Crippen molar-refractivity contribution < 1.29 is 13.9 Å². The highest BCUT2D eigenvalue weighted by Gasteiger charge is 2.16. The summed E-state index contributed by atoms with van der Waals surface area (Å²) in [6.45, 7) is 0.573. The fourth-order valence-electron chi connectivity index (χ4n) is 2.73. The minimum atomic E-state index is -0.420. The van der Waals surface area contributed by atoms with E-state index in [1.807, 2.05) is 17.5 Å². The zero-order valence-electron chi connectivity index (χ0n) is 15.9. The van der Waals surface area contributed by atoms with Gasteiger partial charge in [-0.1, -0.05) is 6.07 Å². The number of nitrogens with one attached hydrogen (secondary N) is 2. The van der Waals surface area contributed by atoms with Crippen LogP contribution in [0.5, 0.6) is 5.88 Å². The van der Waals surface area contributed by atoms with E-state index >= 15 is 0 Å². The van der Waals surface area contributed by atoms with Crippen LogP contribution in [0.4, 0.5) is 10.3 Å². The van der Waals surface area contributed by atoms with Gasteiger partial charge < -0.3 is 15.4 Å². The number of fused-ring (bicyclic) bond motifs is 1. The van der Waals surface area contributed by atoms with Gasteiger partial charge in [0, 0.05) is 31.5 Å². The van der Waals surface area contributed by atoms with E-state index in [1.54, 1.807) is 25.6 Å². The number of aromatic nitrogens is 4. The Kier molecular flexibility index (Phi) is 5.75. The van der Waals surface area contributed by atoms with Crippen LogP contribution < -0.4 is 15.4 Å². The van der Waals surface area contributed by atoms with E-state index in [9.17, 15) is 9.18 Å². The lowest BCUT2D eigenvalue weighted by atomic mass is 10.2. The number of thiophene rings is 1. The van der Waals surface area contributed by atoms with Crippen LogP contribution in [0, 0.1) is 5.82 Å². The molecule has 30 heavy (non-hydrogen) atoms. The van der Waals surface area contributed by atoms with Crippen molar-refractivity contribution in [2.45, 2.75) is 13.1 Å². The Balaban J connectivity index is 1.50. The number of nitrogens with zero attached hydrogens (tertiary/aromatic N) is 4. The summed E-state index contributed by atoms with van der Waals surface area (Å²) in [5.74, 6) is 0.0412. The van der Waals surface area contributed by atoms with E-state index in [0.717, 1.165) is 11.8 Å². The quantitative estimate of drug-likeness (QED) is 0.470. The van der Waals surface area contributed by atoms with E-state index in [2.05, 4.69) is 30.6 Å². The maximum Gasteiger partial charge on any atom is 0.271 e. The predicted octanol–water partition coefficient (Wildman–Crippen LogP) is 3.17. The first-order chi connectivity index (χ1) is 14.6. The number of halogens is 1. The third-order valence-corrected chi connectivity index (χ3v) is 5.10. The van der Waals surface area contributed by atoms with Gasteiger partial charge in [-0.25, -0.2) is 19.3 Å². The van der Waals surface area contributed by atoms with Crippen molar-refractivity contribution in [2.75, 3.05) is 12.4 Å². The number of hydrogen-bond donors (Lipinski definition) is 2. The average Bonchev–Trinajstić information content (AvgIpc) is 3.24. The van der Waals surface area contributed by atoms with E-state index < -0.39 is 5.82 Å². The zero-order chi connectivity index (χ0) is 20.9. The Labute approximate surface area is 175 Å². The lowest BCUT2D eigenvalue weighted by molar-refractivity contribution is 0.0948. The van der Waals surface area contributed by atoms with Gasteiger partial charge in [-0.05, 0) is 28.6 Å². The third kappa shape index (κ3) is 4.49. The first-order valence-electron chi connectivity index (χ1n) is 8.98. The number of hydrogen-bond acceptors (Lipinski definition) is 8. The van der Waals surface area contributed by atoms with Gasteiger partial charge in [0.15, 0.2) is 5.69 Å². The standard InChI is InChI=1S/C20H17FN6O2S/c1-29-16-3-2-12(8-23-16)9-24-19(28)17-18-15(4-5-30-18)26-20(27-17)25-10-13-6-14(21)11-22-7-13/h2-8,11H,9-10H2,1H3,(H,24,28)(H,25,26,27). The van der Waals surface area contributed by atoms with E-state index in [4.69, 9.17) is 4.74 Å². The van der Waals surface area contributed by atoms with E-state index in [0.29, 0.717) is 28.2 Å². The second kappa shape index (κ2) is 8.78. The van der Waals surface area contributed by atoms with Crippen molar-refractivity contribution in [3.8, 4) is 5.88 Å². The van der Waals surface area contributed by atoms with Crippen molar-refractivity contribution in [1.29, 1.82) is 0 Å². The van der Waals surface area contributed by atoms with Crippen molar-refractivity contribution in [2.24, 2.45) is 0 Å². The molecule has 4 heterocycles. The maximum atomic E-state index is 13.3. The minimum Gasteiger partial charge on any atom is -0.481 e. The van der Waals surface area contributed by atoms with Gasteiger partial charge in [0.2, 0.25) is 11.8 Å². The number of rotatable bonds is 7.